The van der Waals surface area contributed by atoms with E-state index in [9.17, 15) is 13.6 Å². The lowest BCUT2D eigenvalue weighted by molar-refractivity contribution is 0.0947. The molecule has 0 aromatic heterocycles. The van der Waals surface area contributed by atoms with Crippen molar-refractivity contribution in [2.75, 3.05) is 11.9 Å². The maximum atomic E-state index is 12.9. The van der Waals surface area contributed by atoms with E-state index in [-0.39, 0.29) is 5.56 Å². The van der Waals surface area contributed by atoms with Gasteiger partial charge >= 0.3 is 0 Å². The van der Waals surface area contributed by atoms with Crippen LogP contribution in [0.3, 0.4) is 0 Å². The zero-order chi connectivity index (χ0) is 12.8. The van der Waals surface area contributed by atoms with Crippen molar-refractivity contribution in [3.8, 4) is 0 Å². The second-order valence-corrected chi connectivity index (χ2v) is 4.74. The van der Waals surface area contributed by atoms with E-state index >= 15 is 0 Å². The van der Waals surface area contributed by atoms with Gasteiger partial charge < -0.3 is 5.32 Å². The number of hydrogen-bond donors (Lipinski definition) is 1. The monoisotopic (exact) mass is 305 g/mol. The second-order valence-electron chi connectivity index (χ2n) is 3.95. The molecule has 1 aromatic carbocycles. The third-order valence-corrected chi connectivity index (χ3v) is 2.80. The Bertz CT molecular complexity index is 378. The van der Waals surface area contributed by atoms with Gasteiger partial charge in [-0.25, -0.2) is 8.78 Å². The molecule has 1 aromatic rings. The van der Waals surface area contributed by atoms with Crippen LogP contribution >= 0.6 is 15.9 Å². The largest absolute Gasteiger partial charge is 0.352 e. The van der Waals surface area contributed by atoms with Crippen LogP contribution in [0.15, 0.2) is 18.2 Å². The summed E-state index contributed by atoms with van der Waals surface area (Å²) in [6, 6.07) is 2.78. The average molecular weight is 306 g/mol. The summed E-state index contributed by atoms with van der Waals surface area (Å²) >= 11 is 3.31. The topological polar surface area (TPSA) is 29.1 Å². The van der Waals surface area contributed by atoms with Crippen molar-refractivity contribution in [3.63, 3.8) is 0 Å². The first kappa shape index (κ1) is 14.1. The number of amides is 1. The Morgan fingerprint density at radius 2 is 1.94 bits per heavy atom. The summed E-state index contributed by atoms with van der Waals surface area (Å²) in [5.74, 6) is -1.63. The highest BCUT2D eigenvalue weighted by Crippen LogP contribution is 2.08. The molecule has 17 heavy (non-hydrogen) atoms. The Hall–Kier alpha value is -0.970. The minimum atomic E-state index is -0.747. The molecule has 0 saturated heterocycles. The van der Waals surface area contributed by atoms with Crippen LogP contribution in [0.25, 0.3) is 0 Å². The molecule has 1 unspecified atom stereocenters. The fourth-order valence-electron chi connectivity index (χ4n) is 1.34. The summed E-state index contributed by atoms with van der Waals surface area (Å²) in [6.07, 6.45) is 0.928. The number of alkyl halides is 1. The lowest BCUT2D eigenvalue weighted by atomic mass is 10.1. The summed E-state index contributed by atoms with van der Waals surface area (Å²) in [5.41, 5.74) is 0.00791. The molecule has 5 heteroatoms. The first-order valence-corrected chi connectivity index (χ1v) is 6.45. The SMILES string of the molecule is CC(CCBr)CNC(=O)c1cc(F)cc(F)c1. The Kier molecular flexibility index (Phi) is 5.55. The van der Waals surface area contributed by atoms with Crippen molar-refractivity contribution < 1.29 is 13.6 Å². The van der Waals surface area contributed by atoms with E-state index in [1.807, 2.05) is 6.92 Å². The van der Waals surface area contributed by atoms with Gasteiger partial charge in [0, 0.05) is 23.5 Å². The molecule has 0 aliphatic heterocycles. The minimum Gasteiger partial charge on any atom is -0.352 e. The van der Waals surface area contributed by atoms with Gasteiger partial charge in [-0.15, -0.1) is 0 Å². The molecule has 1 atom stereocenters. The van der Waals surface area contributed by atoms with Crippen molar-refractivity contribution in [3.05, 3.63) is 35.4 Å². The number of hydrogen-bond acceptors (Lipinski definition) is 1. The van der Waals surface area contributed by atoms with Gasteiger partial charge in [0.15, 0.2) is 0 Å². The van der Waals surface area contributed by atoms with E-state index in [4.69, 9.17) is 0 Å². The number of halogens is 3. The maximum Gasteiger partial charge on any atom is 0.251 e. The van der Waals surface area contributed by atoms with Gasteiger partial charge in [-0.1, -0.05) is 22.9 Å². The zero-order valence-electron chi connectivity index (χ0n) is 9.47. The molecule has 94 valence electrons. The van der Waals surface area contributed by atoms with Crippen LogP contribution in [0.5, 0.6) is 0 Å². The fraction of sp³-hybridized carbons (Fsp3) is 0.417. The smallest absolute Gasteiger partial charge is 0.251 e. The number of nitrogens with one attached hydrogen (secondary N) is 1. The normalized spacial score (nSPS) is 12.2. The minimum absolute atomic E-state index is 0.00791. The van der Waals surface area contributed by atoms with E-state index in [1.165, 1.54) is 0 Å². The first-order chi connectivity index (χ1) is 8.02. The summed E-state index contributed by atoms with van der Waals surface area (Å²) in [7, 11) is 0. The zero-order valence-corrected chi connectivity index (χ0v) is 11.1. The molecule has 0 saturated carbocycles. The molecule has 1 amide bonds. The Balaban J connectivity index is 2.58. The van der Waals surface area contributed by atoms with Crippen LogP contribution in [-0.2, 0) is 0 Å². The Morgan fingerprint density at radius 3 is 2.47 bits per heavy atom. The molecular weight excluding hydrogens is 292 g/mol. The van der Waals surface area contributed by atoms with Crippen molar-refractivity contribution in [2.45, 2.75) is 13.3 Å². The van der Waals surface area contributed by atoms with Crippen LogP contribution in [-0.4, -0.2) is 17.8 Å². The van der Waals surface area contributed by atoms with E-state index in [0.717, 1.165) is 30.0 Å². The molecule has 1 N–H and O–H groups in total. The Morgan fingerprint density at radius 1 is 1.35 bits per heavy atom. The van der Waals surface area contributed by atoms with Crippen molar-refractivity contribution in [2.24, 2.45) is 5.92 Å². The van der Waals surface area contributed by atoms with Crippen LogP contribution in [0, 0.1) is 17.6 Å². The standard InChI is InChI=1S/C12H14BrF2NO/c1-8(2-3-13)7-16-12(17)9-4-10(14)6-11(15)5-9/h4-6,8H,2-3,7H2,1H3,(H,16,17). The molecular formula is C12H14BrF2NO. The number of benzene rings is 1. The maximum absolute atomic E-state index is 12.9. The average Bonchev–Trinajstić information content (AvgIpc) is 2.25. The van der Waals surface area contributed by atoms with Crippen molar-refractivity contribution in [1.29, 1.82) is 0 Å². The van der Waals surface area contributed by atoms with Gasteiger partial charge in [0.05, 0.1) is 0 Å². The molecule has 1 rings (SSSR count). The van der Waals surface area contributed by atoms with Crippen molar-refractivity contribution in [1.82, 2.24) is 5.32 Å². The van der Waals surface area contributed by atoms with Gasteiger partial charge in [0.2, 0.25) is 0 Å². The quantitative estimate of drug-likeness (QED) is 0.832. The third kappa shape index (κ3) is 4.81. The van der Waals surface area contributed by atoms with E-state index in [1.54, 1.807) is 0 Å². The summed E-state index contributed by atoms with van der Waals surface area (Å²) in [6.45, 7) is 2.48. The highest BCUT2D eigenvalue weighted by molar-refractivity contribution is 9.09. The number of carbonyl (C=O) groups is 1. The highest BCUT2D eigenvalue weighted by Gasteiger charge is 2.10. The predicted molar refractivity (Wildman–Crippen MR) is 66.3 cm³/mol. The van der Waals surface area contributed by atoms with Crippen LogP contribution in [0.4, 0.5) is 8.78 Å². The van der Waals surface area contributed by atoms with E-state index < -0.39 is 17.5 Å². The van der Waals surface area contributed by atoms with Gasteiger partial charge in [-0.05, 0) is 24.5 Å². The Labute approximate surface area is 108 Å². The summed E-state index contributed by atoms with van der Waals surface area (Å²) in [5, 5.41) is 3.50. The number of carbonyl (C=O) groups excluding carboxylic acids is 1. The summed E-state index contributed by atoms with van der Waals surface area (Å²) in [4.78, 5) is 11.6. The van der Waals surface area contributed by atoms with Gasteiger partial charge in [0.25, 0.3) is 5.91 Å². The van der Waals surface area contributed by atoms with Gasteiger partial charge in [-0.2, -0.15) is 0 Å². The van der Waals surface area contributed by atoms with E-state index in [2.05, 4.69) is 21.2 Å². The lowest BCUT2D eigenvalue weighted by Crippen LogP contribution is -2.28. The fourth-order valence-corrected chi connectivity index (χ4v) is 2.12. The molecule has 0 bridgehead atoms. The molecule has 0 spiro atoms. The number of rotatable bonds is 5. The third-order valence-electron chi connectivity index (χ3n) is 2.34. The molecule has 0 aliphatic carbocycles. The lowest BCUT2D eigenvalue weighted by Gasteiger charge is -2.11. The van der Waals surface area contributed by atoms with Crippen LogP contribution < -0.4 is 5.32 Å². The second kappa shape index (κ2) is 6.69. The van der Waals surface area contributed by atoms with Crippen molar-refractivity contribution >= 4 is 21.8 Å². The summed E-state index contributed by atoms with van der Waals surface area (Å²) < 4.78 is 25.8. The predicted octanol–water partition coefficient (Wildman–Crippen LogP) is 3.12. The molecule has 0 radical (unpaired) electrons. The molecule has 0 fully saturated rings. The van der Waals surface area contributed by atoms with Crippen LogP contribution in [0.1, 0.15) is 23.7 Å². The van der Waals surface area contributed by atoms with Gasteiger partial charge in [-0.3, -0.25) is 4.79 Å². The molecule has 0 aliphatic rings. The molecule has 0 heterocycles. The van der Waals surface area contributed by atoms with Crippen LogP contribution in [0.2, 0.25) is 0 Å². The first-order valence-electron chi connectivity index (χ1n) is 5.33. The molecule has 2 nitrogen and oxygen atoms in total. The van der Waals surface area contributed by atoms with Gasteiger partial charge in [0.1, 0.15) is 11.6 Å². The van der Waals surface area contributed by atoms with E-state index in [0.29, 0.717) is 12.5 Å². The highest BCUT2D eigenvalue weighted by atomic mass is 79.9.